The molecule has 2 N–H and O–H groups in total. The number of benzene rings is 1. The summed E-state index contributed by atoms with van der Waals surface area (Å²) in [5.41, 5.74) is 0.111. The van der Waals surface area contributed by atoms with Gasteiger partial charge in [-0.2, -0.15) is 4.31 Å². The topological polar surface area (TPSA) is 131 Å². The van der Waals surface area contributed by atoms with Gasteiger partial charge in [-0.15, -0.1) is 0 Å². The highest BCUT2D eigenvalue weighted by molar-refractivity contribution is 7.89. The fourth-order valence-corrected chi connectivity index (χ4v) is 4.54. The molecule has 0 spiro atoms. The Morgan fingerprint density at radius 2 is 1.88 bits per heavy atom. The summed E-state index contributed by atoms with van der Waals surface area (Å²) in [6.45, 7) is 2.60. The molecule has 1 fully saturated rings. The molecule has 2 rings (SSSR count). The van der Waals surface area contributed by atoms with Gasteiger partial charge in [0.2, 0.25) is 15.9 Å². The van der Waals surface area contributed by atoms with Gasteiger partial charge in [0.1, 0.15) is 0 Å². The Kier molecular flexibility index (Phi) is 10.4. The van der Waals surface area contributed by atoms with Crippen LogP contribution in [0.3, 0.4) is 0 Å². The molecule has 10 nitrogen and oxygen atoms in total. The highest BCUT2D eigenvalue weighted by atomic mass is 35.5. The number of morpholine rings is 1. The summed E-state index contributed by atoms with van der Waals surface area (Å²) >= 11 is 6.09. The zero-order valence-electron chi connectivity index (χ0n) is 17.9. The number of nitrogens with zero attached hydrogens (tertiary/aromatic N) is 1. The van der Waals surface area contributed by atoms with E-state index in [1.807, 2.05) is 0 Å². The number of ether oxygens (including phenoxy) is 2. The standard InChI is InChI=1S/C20H28ClN3O7S/c1-15(25)22-8-4-2-3-5-20(27)31-14-19(26)23-18-13-16(6-7-17(18)21)32(28,29)24-9-11-30-12-10-24/h6-7,13H,2-5,8-12,14H2,1H3,(H,22,25)(H,23,26). The molecular weight excluding hydrogens is 462 g/mol. The molecule has 32 heavy (non-hydrogen) atoms. The van der Waals surface area contributed by atoms with Crippen molar-refractivity contribution in [1.82, 2.24) is 9.62 Å². The largest absolute Gasteiger partial charge is 0.456 e. The number of hydrogen-bond donors (Lipinski definition) is 2. The lowest BCUT2D eigenvalue weighted by atomic mass is 10.2. The summed E-state index contributed by atoms with van der Waals surface area (Å²) in [6.07, 6.45) is 2.21. The van der Waals surface area contributed by atoms with Crippen LogP contribution in [-0.2, 0) is 33.9 Å². The minimum Gasteiger partial charge on any atom is -0.456 e. The Morgan fingerprint density at radius 3 is 2.56 bits per heavy atom. The van der Waals surface area contributed by atoms with E-state index in [2.05, 4.69) is 10.6 Å². The summed E-state index contributed by atoms with van der Waals surface area (Å²) in [6, 6.07) is 4.04. The first-order valence-electron chi connectivity index (χ1n) is 10.3. The van der Waals surface area contributed by atoms with Crippen molar-refractivity contribution in [3.05, 3.63) is 23.2 Å². The number of esters is 1. The predicted octanol–water partition coefficient (Wildman–Crippen LogP) is 1.54. The monoisotopic (exact) mass is 489 g/mol. The van der Waals surface area contributed by atoms with Gasteiger partial charge in [-0.05, 0) is 31.0 Å². The minimum absolute atomic E-state index is 0.00430. The van der Waals surface area contributed by atoms with E-state index in [0.29, 0.717) is 26.2 Å². The quantitative estimate of drug-likeness (QED) is 0.356. The van der Waals surface area contributed by atoms with Crippen LogP contribution in [0.5, 0.6) is 0 Å². The second kappa shape index (κ2) is 12.7. The second-order valence-electron chi connectivity index (χ2n) is 7.16. The fraction of sp³-hybridized carbons (Fsp3) is 0.550. The van der Waals surface area contributed by atoms with E-state index in [1.54, 1.807) is 0 Å². The number of nitrogens with one attached hydrogen (secondary N) is 2. The van der Waals surface area contributed by atoms with Crippen LogP contribution in [-0.4, -0.2) is 70.0 Å². The fourth-order valence-electron chi connectivity index (χ4n) is 2.94. The van der Waals surface area contributed by atoms with Gasteiger partial charge in [0.05, 0.1) is 28.8 Å². The molecule has 178 valence electrons. The van der Waals surface area contributed by atoms with E-state index in [9.17, 15) is 22.8 Å². The van der Waals surface area contributed by atoms with Gasteiger partial charge >= 0.3 is 5.97 Å². The van der Waals surface area contributed by atoms with E-state index in [-0.39, 0.29) is 41.0 Å². The zero-order valence-corrected chi connectivity index (χ0v) is 19.5. The first-order valence-corrected chi connectivity index (χ1v) is 12.1. The van der Waals surface area contributed by atoms with Crippen LogP contribution >= 0.6 is 11.6 Å². The molecule has 0 aromatic heterocycles. The smallest absolute Gasteiger partial charge is 0.306 e. The normalized spacial score (nSPS) is 14.6. The van der Waals surface area contributed by atoms with E-state index in [0.717, 1.165) is 12.8 Å². The molecule has 1 saturated heterocycles. The van der Waals surface area contributed by atoms with Crippen molar-refractivity contribution in [1.29, 1.82) is 0 Å². The molecule has 0 aliphatic carbocycles. The van der Waals surface area contributed by atoms with Crippen molar-refractivity contribution in [3.8, 4) is 0 Å². The number of anilines is 1. The average Bonchev–Trinajstić information content (AvgIpc) is 2.76. The summed E-state index contributed by atoms with van der Waals surface area (Å²) < 4.78 is 37.0. The maximum Gasteiger partial charge on any atom is 0.306 e. The molecule has 1 aromatic rings. The Bertz CT molecular complexity index is 918. The van der Waals surface area contributed by atoms with Crippen molar-refractivity contribution in [2.75, 3.05) is 44.8 Å². The van der Waals surface area contributed by atoms with Crippen molar-refractivity contribution in [3.63, 3.8) is 0 Å². The number of carbonyl (C=O) groups excluding carboxylic acids is 3. The molecular formula is C20H28ClN3O7S. The van der Waals surface area contributed by atoms with Crippen LogP contribution in [0.15, 0.2) is 23.1 Å². The SMILES string of the molecule is CC(=O)NCCCCCC(=O)OCC(=O)Nc1cc(S(=O)(=O)N2CCOCC2)ccc1Cl. The maximum atomic E-state index is 12.8. The minimum atomic E-state index is -3.75. The zero-order chi connectivity index (χ0) is 23.6. The molecule has 0 unspecified atom stereocenters. The molecule has 12 heteroatoms. The Labute approximate surface area is 192 Å². The van der Waals surface area contributed by atoms with E-state index < -0.39 is 28.5 Å². The number of carbonyl (C=O) groups is 3. The third kappa shape index (κ3) is 8.38. The first-order chi connectivity index (χ1) is 15.2. The van der Waals surface area contributed by atoms with Crippen LogP contribution in [0, 0.1) is 0 Å². The van der Waals surface area contributed by atoms with Gasteiger partial charge in [0.15, 0.2) is 6.61 Å². The summed E-state index contributed by atoms with van der Waals surface area (Å²) in [4.78, 5) is 34.7. The lowest BCUT2D eigenvalue weighted by Gasteiger charge is -2.26. The van der Waals surface area contributed by atoms with Crippen molar-refractivity contribution >= 4 is 45.1 Å². The second-order valence-corrected chi connectivity index (χ2v) is 9.51. The third-order valence-electron chi connectivity index (χ3n) is 4.62. The molecule has 0 bridgehead atoms. The highest BCUT2D eigenvalue weighted by Crippen LogP contribution is 2.27. The van der Waals surface area contributed by atoms with Gasteiger partial charge in [-0.25, -0.2) is 8.42 Å². The molecule has 0 saturated carbocycles. The Morgan fingerprint density at radius 1 is 1.16 bits per heavy atom. The van der Waals surface area contributed by atoms with Crippen LogP contribution in [0.4, 0.5) is 5.69 Å². The third-order valence-corrected chi connectivity index (χ3v) is 6.84. The Hall–Kier alpha value is -2.21. The maximum absolute atomic E-state index is 12.8. The predicted molar refractivity (Wildman–Crippen MR) is 118 cm³/mol. The van der Waals surface area contributed by atoms with E-state index in [4.69, 9.17) is 21.1 Å². The number of unbranched alkanes of at least 4 members (excludes halogenated alkanes) is 2. The van der Waals surface area contributed by atoms with Crippen LogP contribution in [0.1, 0.15) is 32.6 Å². The number of sulfonamides is 1. The van der Waals surface area contributed by atoms with Crippen molar-refractivity contribution in [2.45, 2.75) is 37.5 Å². The van der Waals surface area contributed by atoms with Gasteiger partial charge in [0, 0.05) is 33.0 Å². The molecule has 1 heterocycles. The van der Waals surface area contributed by atoms with Crippen LogP contribution < -0.4 is 10.6 Å². The van der Waals surface area contributed by atoms with Gasteiger partial charge < -0.3 is 20.1 Å². The lowest BCUT2D eigenvalue weighted by Crippen LogP contribution is -2.40. The number of amides is 2. The van der Waals surface area contributed by atoms with Gasteiger partial charge in [-0.3, -0.25) is 14.4 Å². The van der Waals surface area contributed by atoms with Gasteiger partial charge in [0.25, 0.3) is 5.91 Å². The number of hydrogen-bond acceptors (Lipinski definition) is 7. The molecule has 1 aliphatic rings. The molecule has 1 aliphatic heterocycles. The molecule has 0 atom stereocenters. The van der Waals surface area contributed by atoms with Crippen LogP contribution in [0.25, 0.3) is 0 Å². The first kappa shape index (κ1) is 26.0. The van der Waals surface area contributed by atoms with E-state index in [1.165, 1.54) is 29.4 Å². The summed E-state index contributed by atoms with van der Waals surface area (Å²) in [5, 5.41) is 5.31. The molecule has 1 aromatic carbocycles. The number of rotatable bonds is 11. The average molecular weight is 490 g/mol. The molecule has 0 radical (unpaired) electrons. The Balaban J connectivity index is 1.82. The number of halogens is 1. The lowest BCUT2D eigenvalue weighted by molar-refractivity contribution is -0.147. The van der Waals surface area contributed by atoms with Gasteiger partial charge in [-0.1, -0.05) is 18.0 Å². The molecule has 2 amide bonds. The summed E-state index contributed by atoms with van der Waals surface area (Å²) in [7, 11) is -3.75. The van der Waals surface area contributed by atoms with Crippen LogP contribution in [0.2, 0.25) is 5.02 Å². The van der Waals surface area contributed by atoms with E-state index >= 15 is 0 Å². The highest BCUT2D eigenvalue weighted by Gasteiger charge is 2.27. The van der Waals surface area contributed by atoms with Crippen molar-refractivity contribution < 1.29 is 32.3 Å². The van der Waals surface area contributed by atoms with Crippen molar-refractivity contribution in [2.24, 2.45) is 0 Å². The summed E-state index contributed by atoms with van der Waals surface area (Å²) in [5.74, 6) is -1.25.